The van der Waals surface area contributed by atoms with Crippen molar-refractivity contribution in [3.63, 3.8) is 0 Å². The van der Waals surface area contributed by atoms with Crippen LogP contribution < -0.4 is 10.6 Å². The lowest BCUT2D eigenvalue weighted by molar-refractivity contribution is -0.127. The van der Waals surface area contributed by atoms with E-state index >= 15 is 0 Å². The second-order valence-electron chi connectivity index (χ2n) is 7.40. The summed E-state index contributed by atoms with van der Waals surface area (Å²) in [5.74, 6) is -0.179. The van der Waals surface area contributed by atoms with Gasteiger partial charge in [-0.15, -0.1) is 0 Å². The van der Waals surface area contributed by atoms with Crippen molar-refractivity contribution in [1.82, 2.24) is 20.3 Å². The number of nitrogens with one attached hydrogen (secondary N) is 2. The van der Waals surface area contributed by atoms with Crippen molar-refractivity contribution in [2.45, 2.75) is 38.1 Å². The summed E-state index contributed by atoms with van der Waals surface area (Å²) in [6, 6.07) is 10.1. The van der Waals surface area contributed by atoms with Gasteiger partial charge in [-0.1, -0.05) is 12.1 Å². The number of para-hydroxylation sites is 1. The predicted molar refractivity (Wildman–Crippen MR) is 108 cm³/mol. The molecule has 6 nitrogen and oxygen atoms in total. The number of pyridine rings is 1. The van der Waals surface area contributed by atoms with Gasteiger partial charge < -0.3 is 10.6 Å². The molecule has 0 fully saturated rings. The molecule has 1 atom stereocenters. The molecule has 0 saturated heterocycles. The van der Waals surface area contributed by atoms with Gasteiger partial charge in [0.2, 0.25) is 11.9 Å². The molecule has 2 heterocycles. The van der Waals surface area contributed by atoms with Gasteiger partial charge in [0.25, 0.3) is 0 Å². The molecule has 0 aliphatic heterocycles. The van der Waals surface area contributed by atoms with Crippen LogP contribution in [0, 0.1) is 5.82 Å². The van der Waals surface area contributed by atoms with Gasteiger partial charge in [-0.05, 0) is 61.6 Å². The highest BCUT2D eigenvalue weighted by Crippen LogP contribution is 2.36. The Morgan fingerprint density at radius 3 is 2.79 bits per heavy atom. The molecule has 0 radical (unpaired) electrons. The van der Waals surface area contributed by atoms with Crippen molar-refractivity contribution < 1.29 is 9.18 Å². The van der Waals surface area contributed by atoms with Gasteiger partial charge in [0.05, 0.1) is 16.8 Å². The van der Waals surface area contributed by atoms with E-state index in [0.717, 1.165) is 24.0 Å². The Morgan fingerprint density at radius 2 is 2.00 bits per heavy atom. The summed E-state index contributed by atoms with van der Waals surface area (Å²) >= 11 is 0. The van der Waals surface area contributed by atoms with Gasteiger partial charge in [0.1, 0.15) is 5.82 Å². The number of carbonyl (C=O) groups is 1. The zero-order valence-electron chi connectivity index (χ0n) is 16.2. The smallest absolute Gasteiger partial charge is 0.232 e. The number of halogens is 1. The van der Waals surface area contributed by atoms with Gasteiger partial charge in [0, 0.05) is 25.1 Å². The summed E-state index contributed by atoms with van der Waals surface area (Å²) in [6.07, 6.45) is 7.54. The number of anilines is 2. The van der Waals surface area contributed by atoms with Crippen molar-refractivity contribution in [3.05, 3.63) is 77.6 Å². The fourth-order valence-electron chi connectivity index (χ4n) is 3.66. The molecular weight excluding hydrogens is 369 g/mol. The Morgan fingerprint density at radius 1 is 1.21 bits per heavy atom. The maximum atomic E-state index is 14.0. The lowest BCUT2D eigenvalue weighted by Gasteiger charge is -2.33. The first kappa shape index (κ1) is 19.0. The first-order valence-corrected chi connectivity index (χ1v) is 9.61. The molecule has 148 valence electrons. The van der Waals surface area contributed by atoms with Crippen LogP contribution in [0.4, 0.5) is 16.0 Å². The number of carbonyl (C=O) groups excluding carboxylic acids is 1. The van der Waals surface area contributed by atoms with Crippen molar-refractivity contribution in [3.8, 4) is 0 Å². The first-order chi connectivity index (χ1) is 14.1. The highest BCUT2D eigenvalue weighted by atomic mass is 19.1. The summed E-state index contributed by atoms with van der Waals surface area (Å²) in [4.78, 5) is 26.0. The average molecular weight is 391 g/mol. The monoisotopic (exact) mass is 391 g/mol. The van der Waals surface area contributed by atoms with E-state index in [-0.39, 0.29) is 17.7 Å². The molecule has 1 unspecified atom stereocenters. The standard InChI is InChI=1S/C22H22FN5O/c1-22(20(29)25-13-15-8-11-24-12-9-15)10-4-5-16-14-26-21(28-19(16)22)27-18-7-3-2-6-17(18)23/h2-3,6-9,11-12,14H,4-5,10,13H2,1H3,(H,25,29)(H,26,27,28). The third-order valence-corrected chi connectivity index (χ3v) is 5.33. The largest absolute Gasteiger partial charge is 0.351 e. The molecule has 2 aromatic heterocycles. The Kier molecular flexibility index (Phi) is 5.20. The highest BCUT2D eigenvalue weighted by Gasteiger charge is 2.40. The third kappa shape index (κ3) is 3.94. The summed E-state index contributed by atoms with van der Waals surface area (Å²) in [6.45, 7) is 2.34. The number of amides is 1. The quantitative estimate of drug-likeness (QED) is 0.694. The third-order valence-electron chi connectivity index (χ3n) is 5.33. The van der Waals surface area contributed by atoms with Gasteiger partial charge in [-0.25, -0.2) is 14.4 Å². The number of aromatic nitrogens is 3. The molecule has 1 aromatic carbocycles. The lowest BCUT2D eigenvalue weighted by atomic mass is 9.74. The summed E-state index contributed by atoms with van der Waals surface area (Å²) in [7, 11) is 0. The molecule has 0 saturated carbocycles. The summed E-state index contributed by atoms with van der Waals surface area (Å²) in [5, 5.41) is 5.94. The molecule has 1 amide bonds. The minimum absolute atomic E-state index is 0.0780. The molecule has 29 heavy (non-hydrogen) atoms. The van der Waals surface area contributed by atoms with Crippen molar-refractivity contribution in [2.75, 3.05) is 5.32 Å². The second-order valence-corrected chi connectivity index (χ2v) is 7.40. The molecule has 3 aromatic rings. The minimum atomic E-state index is -0.769. The second kappa shape index (κ2) is 7.95. The summed E-state index contributed by atoms with van der Waals surface area (Å²) < 4.78 is 14.0. The van der Waals surface area contributed by atoms with E-state index in [9.17, 15) is 9.18 Å². The SMILES string of the molecule is CC1(C(=O)NCc2ccncc2)CCCc2cnc(Nc3ccccc3F)nc21. The van der Waals surface area contributed by atoms with Gasteiger partial charge in [-0.2, -0.15) is 0 Å². The molecule has 4 rings (SSSR count). The van der Waals surface area contributed by atoms with Gasteiger partial charge in [-0.3, -0.25) is 9.78 Å². The molecule has 7 heteroatoms. The van der Waals surface area contributed by atoms with E-state index in [1.165, 1.54) is 6.07 Å². The number of hydrogen-bond acceptors (Lipinski definition) is 5. The maximum absolute atomic E-state index is 14.0. The fraction of sp³-hybridized carbons (Fsp3) is 0.273. The number of benzene rings is 1. The van der Waals surface area contributed by atoms with Crippen LogP contribution in [0.2, 0.25) is 0 Å². The van der Waals surface area contributed by atoms with Crippen LogP contribution in [0.25, 0.3) is 0 Å². The zero-order chi connectivity index (χ0) is 20.3. The Bertz CT molecular complexity index is 1030. The Hall–Kier alpha value is -3.35. The number of rotatable bonds is 5. The van der Waals surface area contributed by atoms with Gasteiger partial charge >= 0.3 is 0 Å². The maximum Gasteiger partial charge on any atom is 0.232 e. The van der Waals surface area contributed by atoms with E-state index in [4.69, 9.17) is 0 Å². The van der Waals surface area contributed by atoms with E-state index in [2.05, 4.69) is 25.6 Å². The van der Waals surface area contributed by atoms with Crippen LogP contribution in [-0.2, 0) is 23.2 Å². The van der Waals surface area contributed by atoms with Crippen molar-refractivity contribution in [2.24, 2.45) is 0 Å². The summed E-state index contributed by atoms with van der Waals surface area (Å²) in [5.41, 5.74) is 2.17. The molecule has 0 bridgehead atoms. The number of aryl methyl sites for hydroxylation is 1. The van der Waals surface area contributed by atoms with Crippen LogP contribution >= 0.6 is 0 Å². The van der Waals surface area contributed by atoms with Crippen molar-refractivity contribution in [1.29, 1.82) is 0 Å². The number of fused-ring (bicyclic) bond motifs is 1. The first-order valence-electron chi connectivity index (χ1n) is 9.61. The van der Waals surface area contributed by atoms with Crippen LogP contribution in [0.1, 0.15) is 36.6 Å². The molecule has 2 N–H and O–H groups in total. The van der Waals surface area contributed by atoms with Crippen LogP contribution in [0.3, 0.4) is 0 Å². The van der Waals surface area contributed by atoms with Crippen LogP contribution in [0.15, 0.2) is 55.0 Å². The van der Waals surface area contributed by atoms with Gasteiger partial charge in [0.15, 0.2) is 0 Å². The Balaban J connectivity index is 1.58. The predicted octanol–water partition coefficient (Wildman–Crippen LogP) is 3.66. The molecular formula is C22H22FN5O. The molecule has 1 aliphatic carbocycles. The van der Waals surface area contributed by atoms with E-state index in [1.54, 1.807) is 36.8 Å². The van der Waals surface area contributed by atoms with E-state index < -0.39 is 5.41 Å². The molecule has 1 aliphatic rings. The Labute approximate surface area is 168 Å². The normalized spacial score (nSPS) is 18.0. The fourth-order valence-corrected chi connectivity index (χ4v) is 3.66. The van der Waals surface area contributed by atoms with Crippen LogP contribution in [-0.4, -0.2) is 20.9 Å². The zero-order valence-corrected chi connectivity index (χ0v) is 16.2. The van der Waals surface area contributed by atoms with Crippen LogP contribution in [0.5, 0.6) is 0 Å². The molecule has 0 spiro atoms. The topological polar surface area (TPSA) is 79.8 Å². The lowest BCUT2D eigenvalue weighted by Crippen LogP contribution is -2.45. The minimum Gasteiger partial charge on any atom is -0.351 e. The van der Waals surface area contributed by atoms with E-state index in [0.29, 0.717) is 24.3 Å². The average Bonchev–Trinajstić information content (AvgIpc) is 2.75. The highest BCUT2D eigenvalue weighted by molar-refractivity contribution is 5.88. The van der Waals surface area contributed by atoms with E-state index in [1.807, 2.05) is 19.1 Å². The number of hydrogen-bond donors (Lipinski definition) is 2. The van der Waals surface area contributed by atoms with Crippen molar-refractivity contribution >= 4 is 17.5 Å². The number of nitrogens with zero attached hydrogens (tertiary/aromatic N) is 3.